The summed E-state index contributed by atoms with van der Waals surface area (Å²) in [6.45, 7) is 4.46. The lowest BCUT2D eigenvalue weighted by molar-refractivity contribution is -0.120. The van der Waals surface area contributed by atoms with Crippen LogP contribution in [0.4, 0.5) is 5.82 Å². The molecule has 1 rings (SSSR count). The lowest BCUT2D eigenvalue weighted by Crippen LogP contribution is -2.27. The molecule has 6 heteroatoms. The Morgan fingerprint density at radius 2 is 2.11 bits per heavy atom. The van der Waals surface area contributed by atoms with E-state index in [0.717, 1.165) is 17.8 Å². The van der Waals surface area contributed by atoms with Gasteiger partial charge in [-0.15, -0.1) is 0 Å². The number of nitrogens with one attached hydrogen (secondary N) is 1. The molecule has 1 amide bonds. The summed E-state index contributed by atoms with van der Waals surface area (Å²) >= 11 is 6.07. The highest BCUT2D eigenvalue weighted by atomic mass is 35.5. The van der Waals surface area contributed by atoms with Crippen molar-refractivity contribution in [3.63, 3.8) is 0 Å². The third-order valence-corrected chi connectivity index (χ3v) is 3.11. The number of amides is 1. The van der Waals surface area contributed by atoms with Crippen LogP contribution in [0.5, 0.6) is 0 Å². The Morgan fingerprint density at radius 1 is 1.44 bits per heavy atom. The minimum atomic E-state index is 0.00960. The Kier molecular flexibility index (Phi) is 5.34. The van der Waals surface area contributed by atoms with E-state index in [2.05, 4.69) is 15.3 Å². The summed E-state index contributed by atoms with van der Waals surface area (Å²) in [5.74, 6) is 1.51. The molecule has 0 bridgehead atoms. The number of halogens is 1. The van der Waals surface area contributed by atoms with E-state index < -0.39 is 0 Å². The average molecular weight is 271 g/mol. The Morgan fingerprint density at radius 3 is 2.67 bits per heavy atom. The van der Waals surface area contributed by atoms with E-state index in [1.807, 2.05) is 25.8 Å². The zero-order valence-electron chi connectivity index (χ0n) is 11.2. The third kappa shape index (κ3) is 3.57. The van der Waals surface area contributed by atoms with Crippen LogP contribution in [0, 0.1) is 6.92 Å². The van der Waals surface area contributed by atoms with Crippen molar-refractivity contribution < 1.29 is 4.79 Å². The predicted molar refractivity (Wildman–Crippen MR) is 73.1 cm³/mol. The van der Waals surface area contributed by atoms with Gasteiger partial charge in [-0.1, -0.05) is 18.5 Å². The van der Waals surface area contributed by atoms with E-state index in [1.165, 1.54) is 0 Å². The standard InChI is InChI=1S/C12H19ClN4O/c1-5-9-15-11(13)8(2)12(16-9)17(4)7-6-10(18)14-3/h5-7H2,1-4H3,(H,14,18). The van der Waals surface area contributed by atoms with E-state index in [1.54, 1.807) is 7.05 Å². The van der Waals surface area contributed by atoms with Crippen molar-refractivity contribution in [2.24, 2.45) is 0 Å². The highest BCUT2D eigenvalue weighted by Gasteiger charge is 2.13. The molecular weight excluding hydrogens is 252 g/mol. The Labute approximate surface area is 113 Å². The molecule has 5 nitrogen and oxygen atoms in total. The van der Waals surface area contributed by atoms with E-state index in [9.17, 15) is 4.79 Å². The normalized spacial score (nSPS) is 10.3. The van der Waals surface area contributed by atoms with Gasteiger partial charge < -0.3 is 10.2 Å². The van der Waals surface area contributed by atoms with Gasteiger partial charge >= 0.3 is 0 Å². The maximum absolute atomic E-state index is 11.2. The first kappa shape index (κ1) is 14.7. The highest BCUT2D eigenvalue weighted by Crippen LogP contribution is 2.22. The fourth-order valence-corrected chi connectivity index (χ4v) is 1.73. The van der Waals surface area contributed by atoms with Gasteiger partial charge in [0.15, 0.2) is 0 Å². The molecular formula is C12H19ClN4O. The molecule has 0 saturated carbocycles. The summed E-state index contributed by atoms with van der Waals surface area (Å²) < 4.78 is 0. The summed E-state index contributed by atoms with van der Waals surface area (Å²) in [5, 5.41) is 3.07. The van der Waals surface area contributed by atoms with Gasteiger partial charge in [-0.2, -0.15) is 0 Å². The van der Waals surface area contributed by atoms with Crippen LogP contribution in [-0.4, -0.2) is 36.5 Å². The largest absolute Gasteiger partial charge is 0.359 e. The maximum atomic E-state index is 11.2. The predicted octanol–water partition coefficient (Wildman–Crippen LogP) is 1.57. The van der Waals surface area contributed by atoms with Crippen LogP contribution in [0.25, 0.3) is 0 Å². The zero-order valence-corrected chi connectivity index (χ0v) is 12.0. The number of rotatable bonds is 5. The van der Waals surface area contributed by atoms with E-state index in [0.29, 0.717) is 23.9 Å². The first-order valence-corrected chi connectivity index (χ1v) is 6.32. The molecule has 0 aliphatic carbocycles. The molecule has 0 saturated heterocycles. The van der Waals surface area contributed by atoms with Crippen molar-refractivity contribution in [2.45, 2.75) is 26.7 Å². The number of aromatic nitrogens is 2. The Bertz CT molecular complexity index is 436. The lowest BCUT2D eigenvalue weighted by atomic mass is 10.3. The molecule has 0 aliphatic rings. The Balaban J connectivity index is 2.87. The third-order valence-electron chi connectivity index (χ3n) is 2.74. The molecule has 1 N–H and O–H groups in total. The molecule has 0 aromatic carbocycles. The summed E-state index contributed by atoms with van der Waals surface area (Å²) in [5.41, 5.74) is 0.841. The fraction of sp³-hybridized carbons (Fsp3) is 0.583. The van der Waals surface area contributed by atoms with Crippen LogP contribution >= 0.6 is 11.6 Å². The van der Waals surface area contributed by atoms with Gasteiger partial charge in [-0.3, -0.25) is 4.79 Å². The molecule has 1 heterocycles. The molecule has 18 heavy (non-hydrogen) atoms. The Hall–Kier alpha value is -1.36. The number of hydrogen-bond donors (Lipinski definition) is 1. The number of carbonyl (C=O) groups is 1. The summed E-state index contributed by atoms with van der Waals surface area (Å²) in [7, 11) is 3.53. The lowest BCUT2D eigenvalue weighted by Gasteiger charge is -2.20. The van der Waals surface area contributed by atoms with Crippen LogP contribution < -0.4 is 10.2 Å². The molecule has 0 spiro atoms. The summed E-state index contributed by atoms with van der Waals surface area (Å²) in [4.78, 5) is 21.8. The molecule has 1 aromatic heterocycles. The second-order valence-electron chi connectivity index (χ2n) is 4.08. The molecule has 0 atom stereocenters. The average Bonchev–Trinajstić information content (AvgIpc) is 2.38. The van der Waals surface area contributed by atoms with Gasteiger partial charge in [0.05, 0.1) is 0 Å². The maximum Gasteiger partial charge on any atom is 0.221 e. The SMILES string of the molecule is CCc1nc(Cl)c(C)c(N(C)CCC(=O)NC)n1. The number of hydrogen-bond acceptors (Lipinski definition) is 4. The van der Waals surface area contributed by atoms with Crippen LogP contribution in [0.2, 0.25) is 5.15 Å². The molecule has 1 aromatic rings. The van der Waals surface area contributed by atoms with Gasteiger partial charge in [0.1, 0.15) is 16.8 Å². The van der Waals surface area contributed by atoms with Gasteiger partial charge in [0.25, 0.3) is 0 Å². The number of aryl methyl sites for hydroxylation is 1. The van der Waals surface area contributed by atoms with E-state index in [4.69, 9.17) is 11.6 Å². The quantitative estimate of drug-likeness (QED) is 0.826. The molecule has 0 unspecified atom stereocenters. The van der Waals surface area contributed by atoms with Crippen molar-refractivity contribution in [2.75, 3.05) is 25.5 Å². The smallest absolute Gasteiger partial charge is 0.221 e. The second-order valence-corrected chi connectivity index (χ2v) is 4.44. The van der Waals surface area contributed by atoms with Crippen LogP contribution in [0.15, 0.2) is 0 Å². The summed E-state index contributed by atoms with van der Waals surface area (Å²) in [6.07, 6.45) is 1.16. The van der Waals surface area contributed by atoms with Crippen molar-refractivity contribution in [1.82, 2.24) is 15.3 Å². The van der Waals surface area contributed by atoms with Gasteiger partial charge in [-0.05, 0) is 6.92 Å². The number of carbonyl (C=O) groups excluding carboxylic acids is 1. The van der Waals surface area contributed by atoms with Gasteiger partial charge in [0.2, 0.25) is 5.91 Å². The first-order valence-electron chi connectivity index (χ1n) is 5.94. The summed E-state index contributed by atoms with van der Waals surface area (Å²) in [6, 6.07) is 0. The number of anilines is 1. The fourth-order valence-electron chi connectivity index (χ4n) is 1.55. The molecule has 100 valence electrons. The first-order chi connectivity index (χ1) is 8.49. The highest BCUT2D eigenvalue weighted by molar-refractivity contribution is 6.30. The van der Waals surface area contributed by atoms with Crippen LogP contribution in [-0.2, 0) is 11.2 Å². The molecule has 0 aliphatic heterocycles. The number of nitrogens with zero attached hydrogens (tertiary/aromatic N) is 3. The monoisotopic (exact) mass is 270 g/mol. The molecule has 0 radical (unpaired) electrons. The molecule has 0 fully saturated rings. The van der Waals surface area contributed by atoms with Crippen LogP contribution in [0.1, 0.15) is 24.7 Å². The minimum Gasteiger partial charge on any atom is -0.359 e. The van der Waals surface area contributed by atoms with Crippen molar-refractivity contribution in [3.8, 4) is 0 Å². The van der Waals surface area contributed by atoms with Gasteiger partial charge in [0, 0.05) is 39.0 Å². The van der Waals surface area contributed by atoms with E-state index in [-0.39, 0.29) is 5.91 Å². The zero-order chi connectivity index (χ0) is 13.7. The van der Waals surface area contributed by atoms with Crippen molar-refractivity contribution in [1.29, 1.82) is 0 Å². The topological polar surface area (TPSA) is 58.1 Å². The van der Waals surface area contributed by atoms with Crippen LogP contribution in [0.3, 0.4) is 0 Å². The second kappa shape index (κ2) is 6.54. The van der Waals surface area contributed by atoms with Crippen molar-refractivity contribution >= 4 is 23.3 Å². The van der Waals surface area contributed by atoms with Gasteiger partial charge in [-0.25, -0.2) is 9.97 Å². The van der Waals surface area contributed by atoms with E-state index >= 15 is 0 Å². The van der Waals surface area contributed by atoms with Crippen molar-refractivity contribution in [3.05, 3.63) is 16.5 Å². The minimum absolute atomic E-state index is 0.00960.